The Morgan fingerprint density at radius 3 is 2.79 bits per heavy atom. The number of aromatic amines is 1. The Hall–Kier alpha value is -2.96. The van der Waals surface area contributed by atoms with Crippen molar-refractivity contribution in [2.45, 2.75) is 0 Å². The number of benzene rings is 1. The zero-order valence-electron chi connectivity index (χ0n) is 9.61. The number of aromatic nitrogens is 3. The highest BCUT2D eigenvalue weighted by molar-refractivity contribution is 5.68. The van der Waals surface area contributed by atoms with Gasteiger partial charge in [0.1, 0.15) is 0 Å². The first kappa shape index (κ1) is 11.1. The summed E-state index contributed by atoms with van der Waals surface area (Å²) in [5.74, 6) is 1.22. The molecule has 0 amide bonds. The van der Waals surface area contributed by atoms with Gasteiger partial charge < -0.3 is 4.42 Å². The third-order valence-corrected chi connectivity index (χ3v) is 2.58. The molecule has 0 aliphatic carbocycles. The van der Waals surface area contributed by atoms with E-state index in [0.29, 0.717) is 17.1 Å². The van der Waals surface area contributed by atoms with E-state index in [1.807, 2.05) is 0 Å². The Morgan fingerprint density at radius 2 is 2.05 bits per heavy atom. The zero-order chi connectivity index (χ0) is 13.2. The van der Waals surface area contributed by atoms with E-state index in [9.17, 15) is 10.1 Å². The lowest BCUT2D eigenvalue weighted by Crippen LogP contribution is -1.92. The van der Waals surface area contributed by atoms with Crippen molar-refractivity contribution < 1.29 is 9.34 Å². The highest BCUT2D eigenvalue weighted by atomic mass is 16.6. The molecule has 0 fully saturated rings. The molecule has 19 heavy (non-hydrogen) atoms. The summed E-state index contributed by atoms with van der Waals surface area (Å²) in [7, 11) is 0. The lowest BCUT2D eigenvalue weighted by atomic mass is 10.2. The average molecular weight is 256 g/mol. The maximum Gasteiger partial charge on any atom is 0.280 e. The maximum absolute atomic E-state index is 11.0. The van der Waals surface area contributed by atoms with E-state index in [4.69, 9.17) is 4.42 Å². The van der Waals surface area contributed by atoms with Crippen LogP contribution in [0.3, 0.4) is 0 Å². The highest BCUT2D eigenvalue weighted by Gasteiger charge is 2.18. The number of nitrogens with one attached hydrogen (secondary N) is 1. The van der Waals surface area contributed by atoms with E-state index >= 15 is 0 Å². The minimum absolute atomic E-state index is 0.0347. The second kappa shape index (κ2) is 4.37. The topological polar surface area (TPSA) is 97.8 Å². The third-order valence-electron chi connectivity index (χ3n) is 2.58. The van der Waals surface area contributed by atoms with Crippen LogP contribution in [0, 0.1) is 10.1 Å². The molecule has 3 rings (SSSR count). The summed E-state index contributed by atoms with van der Waals surface area (Å²) in [6.07, 6.45) is 1.52. The van der Waals surface area contributed by atoms with Gasteiger partial charge in [0.15, 0.2) is 17.4 Å². The van der Waals surface area contributed by atoms with Gasteiger partial charge in [-0.25, -0.2) is 4.98 Å². The number of nitro benzene ring substituents is 1. The summed E-state index contributed by atoms with van der Waals surface area (Å²) in [5.41, 5.74) is 0.328. The third kappa shape index (κ3) is 1.97. The van der Waals surface area contributed by atoms with Crippen molar-refractivity contribution in [3.8, 4) is 23.0 Å². The van der Waals surface area contributed by atoms with Gasteiger partial charge in [0.25, 0.3) is 5.69 Å². The van der Waals surface area contributed by atoms with Crippen LogP contribution in [-0.2, 0) is 0 Å². The monoisotopic (exact) mass is 256 g/mol. The quantitative estimate of drug-likeness (QED) is 0.573. The standard InChI is InChI=1S/C12H8N4O3/c17-16(18)9-5-2-1-4-8(9)11-13-12(15-14-11)10-6-3-7-19-10/h1-7H,(H,13,14,15). The minimum atomic E-state index is -0.460. The summed E-state index contributed by atoms with van der Waals surface area (Å²) >= 11 is 0. The van der Waals surface area contributed by atoms with Crippen LogP contribution in [0.4, 0.5) is 5.69 Å². The summed E-state index contributed by atoms with van der Waals surface area (Å²) in [5, 5.41) is 17.6. The number of rotatable bonds is 3. The fraction of sp³-hybridized carbons (Fsp3) is 0. The molecule has 0 saturated carbocycles. The minimum Gasteiger partial charge on any atom is -0.461 e. The molecule has 0 aliphatic heterocycles. The second-order valence-electron chi connectivity index (χ2n) is 3.76. The van der Waals surface area contributed by atoms with E-state index < -0.39 is 4.92 Å². The largest absolute Gasteiger partial charge is 0.461 e. The number of hydrogen-bond donors (Lipinski definition) is 1. The average Bonchev–Trinajstić information content (AvgIpc) is 3.09. The molecule has 2 heterocycles. The van der Waals surface area contributed by atoms with Crippen LogP contribution in [0.25, 0.3) is 23.0 Å². The normalized spacial score (nSPS) is 10.5. The Bertz CT molecular complexity index is 718. The lowest BCUT2D eigenvalue weighted by Gasteiger charge is -1.96. The number of hydrogen-bond acceptors (Lipinski definition) is 5. The number of para-hydroxylation sites is 1. The summed E-state index contributed by atoms with van der Waals surface area (Å²) in [6.45, 7) is 0. The van der Waals surface area contributed by atoms with Crippen LogP contribution in [-0.4, -0.2) is 20.1 Å². The lowest BCUT2D eigenvalue weighted by molar-refractivity contribution is -0.384. The summed E-state index contributed by atoms with van der Waals surface area (Å²) in [4.78, 5) is 14.7. The van der Waals surface area contributed by atoms with Crippen molar-refractivity contribution in [2.24, 2.45) is 0 Å². The number of nitro groups is 1. The predicted molar refractivity (Wildman–Crippen MR) is 66.2 cm³/mol. The van der Waals surface area contributed by atoms with Gasteiger partial charge in [-0.05, 0) is 18.2 Å². The van der Waals surface area contributed by atoms with Gasteiger partial charge in [0, 0.05) is 6.07 Å². The zero-order valence-corrected chi connectivity index (χ0v) is 9.61. The number of furan rings is 1. The van der Waals surface area contributed by atoms with E-state index in [2.05, 4.69) is 15.2 Å². The van der Waals surface area contributed by atoms with Crippen molar-refractivity contribution >= 4 is 5.69 Å². The van der Waals surface area contributed by atoms with Crippen molar-refractivity contribution in [1.29, 1.82) is 0 Å². The molecule has 0 radical (unpaired) electrons. The maximum atomic E-state index is 11.0. The van der Waals surface area contributed by atoms with Gasteiger partial charge in [-0.3, -0.25) is 15.2 Å². The van der Waals surface area contributed by atoms with Gasteiger partial charge in [0.05, 0.1) is 16.7 Å². The van der Waals surface area contributed by atoms with E-state index in [1.54, 1.807) is 30.3 Å². The molecule has 1 aromatic carbocycles. The van der Waals surface area contributed by atoms with Crippen LogP contribution in [0.2, 0.25) is 0 Å². The molecule has 0 spiro atoms. The molecule has 0 aliphatic rings. The predicted octanol–water partition coefficient (Wildman–Crippen LogP) is 2.64. The van der Waals surface area contributed by atoms with E-state index in [-0.39, 0.29) is 11.5 Å². The van der Waals surface area contributed by atoms with Gasteiger partial charge >= 0.3 is 0 Å². The fourth-order valence-corrected chi connectivity index (χ4v) is 1.73. The molecule has 0 saturated heterocycles. The van der Waals surface area contributed by atoms with Crippen molar-refractivity contribution in [2.75, 3.05) is 0 Å². The van der Waals surface area contributed by atoms with E-state index in [0.717, 1.165) is 0 Å². The van der Waals surface area contributed by atoms with Crippen molar-refractivity contribution in [1.82, 2.24) is 15.2 Å². The van der Waals surface area contributed by atoms with Gasteiger partial charge in [0.2, 0.25) is 0 Å². The second-order valence-corrected chi connectivity index (χ2v) is 3.76. The smallest absolute Gasteiger partial charge is 0.280 e. The molecule has 0 unspecified atom stereocenters. The Morgan fingerprint density at radius 1 is 1.21 bits per heavy atom. The van der Waals surface area contributed by atoms with Crippen LogP contribution >= 0.6 is 0 Å². The molecule has 94 valence electrons. The first-order chi connectivity index (χ1) is 9.25. The van der Waals surface area contributed by atoms with Crippen LogP contribution in [0.5, 0.6) is 0 Å². The summed E-state index contributed by atoms with van der Waals surface area (Å²) in [6, 6.07) is 9.77. The SMILES string of the molecule is O=[N+]([O-])c1ccccc1-c1n[nH]c(-c2ccco2)n1. The summed E-state index contributed by atoms with van der Waals surface area (Å²) < 4.78 is 5.18. The van der Waals surface area contributed by atoms with Crippen LogP contribution in [0.15, 0.2) is 47.1 Å². The first-order valence-electron chi connectivity index (χ1n) is 5.46. The van der Waals surface area contributed by atoms with Crippen LogP contribution in [0.1, 0.15) is 0 Å². The number of H-pyrrole nitrogens is 1. The molecular weight excluding hydrogens is 248 g/mol. The van der Waals surface area contributed by atoms with E-state index in [1.165, 1.54) is 12.3 Å². The molecule has 0 atom stereocenters. The van der Waals surface area contributed by atoms with Crippen LogP contribution < -0.4 is 0 Å². The Labute approximate surface area is 107 Å². The fourth-order valence-electron chi connectivity index (χ4n) is 1.73. The van der Waals surface area contributed by atoms with Crippen molar-refractivity contribution in [3.63, 3.8) is 0 Å². The van der Waals surface area contributed by atoms with Gasteiger partial charge in [-0.1, -0.05) is 12.1 Å². The highest BCUT2D eigenvalue weighted by Crippen LogP contribution is 2.28. The molecule has 3 aromatic rings. The first-order valence-corrected chi connectivity index (χ1v) is 5.46. The molecule has 7 heteroatoms. The molecule has 0 bridgehead atoms. The number of nitrogens with zero attached hydrogens (tertiary/aromatic N) is 3. The molecule has 1 N–H and O–H groups in total. The van der Waals surface area contributed by atoms with Gasteiger partial charge in [-0.15, -0.1) is 0 Å². The molecule has 2 aromatic heterocycles. The molecular formula is C12H8N4O3. The Kier molecular flexibility index (Phi) is 2.57. The Balaban J connectivity index is 2.06. The van der Waals surface area contributed by atoms with Gasteiger partial charge in [-0.2, -0.15) is 5.10 Å². The molecule has 7 nitrogen and oxygen atoms in total. The van der Waals surface area contributed by atoms with Crippen molar-refractivity contribution in [3.05, 3.63) is 52.8 Å².